The number of carbonyl (C=O) groups is 1. The molecule has 2 bridgehead atoms. The molecule has 3 heterocycles. The number of amides is 1. The maximum atomic E-state index is 13.3. The Bertz CT molecular complexity index is 1390. The number of nitrogens with one attached hydrogen (secondary N) is 1. The van der Waals surface area contributed by atoms with Gasteiger partial charge >= 0.3 is 0 Å². The highest BCUT2D eigenvalue weighted by Crippen LogP contribution is 2.37. The number of rotatable bonds is 4. The van der Waals surface area contributed by atoms with Crippen LogP contribution in [0.15, 0.2) is 76.4 Å². The third-order valence-electron chi connectivity index (χ3n) is 6.31. The quantitative estimate of drug-likeness (QED) is 0.614. The van der Waals surface area contributed by atoms with E-state index in [4.69, 9.17) is 11.6 Å². The number of anilines is 1. The average Bonchev–Trinajstić information content (AvgIpc) is 2.80. The summed E-state index contributed by atoms with van der Waals surface area (Å²) in [4.78, 5) is 24.8. The van der Waals surface area contributed by atoms with Crippen LogP contribution >= 0.6 is 11.6 Å². The Morgan fingerprint density at radius 3 is 2.45 bits per heavy atom. The molecule has 2 unspecified atom stereocenters. The van der Waals surface area contributed by atoms with Crippen molar-refractivity contribution in [2.45, 2.75) is 23.8 Å². The summed E-state index contributed by atoms with van der Waals surface area (Å²) in [5.41, 5.74) is 1.68. The second-order valence-electron chi connectivity index (χ2n) is 8.48. The fraction of sp³-hybridized carbons (Fsp3) is 0.250. The van der Waals surface area contributed by atoms with E-state index in [1.165, 1.54) is 16.4 Å². The van der Waals surface area contributed by atoms with Gasteiger partial charge in [0.25, 0.3) is 11.5 Å². The van der Waals surface area contributed by atoms with Gasteiger partial charge in [-0.3, -0.25) is 9.59 Å². The Morgan fingerprint density at radius 1 is 0.939 bits per heavy atom. The minimum atomic E-state index is -3.71. The molecule has 0 saturated carbocycles. The molecule has 33 heavy (non-hydrogen) atoms. The lowest BCUT2D eigenvalue weighted by molar-refractivity contribution is 0.102. The van der Waals surface area contributed by atoms with E-state index in [1.807, 2.05) is 6.07 Å². The van der Waals surface area contributed by atoms with E-state index in [0.717, 1.165) is 12.1 Å². The number of halogens is 1. The topological polar surface area (TPSA) is 88.5 Å². The van der Waals surface area contributed by atoms with E-state index >= 15 is 0 Å². The van der Waals surface area contributed by atoms with Crippen LogP contribution in [0.4, 0.5) is 5.69 Å². The molecule has 1 N–H and O–H groups in total. The first-order valence-corrected chi connectivity index (χ1v) is 12.5. The predicted octanol–water partition coefficient (Wildman–Crippen LogP) is 3.56. The molecule has 170 valence electrons. The average molecular weight is 484 g/mol. The molecule has 3 aromatic rings. The second-order valence-corrected chi connectivity index (χ2v) is 10.8. The number of aromatic nitrogens is 1. The lowest BCUT2D eigenvalue weighted by atomic mass is 9.84. The van der Waals surface area contributed by atoms with E-state index < -0.39 is 10.0 Å². The van der Waals surface area contributed by atoms with Gasteiger partial charge in [0, 0.05) is 43.0 Å². The minimum Gasteiger partial charge on any atom is -0.322 e. The Hall–Kier alpha value is -2.94. The number of hydrogen-bond donors (Lipinski definition) is 1. The molecule has 2 aliphatic rings. The number of nitrogens with zero attached hydrogens (tertiary/aromatic N) is 2. The minimum absolute atomic E-state index is 0.00430. The van der Waals surface area contributed by atoms with E-state index in [1.54, 1.807) is 53.1 Å². The van der Waals surface area contributed by atoms with Gasteiger partial charge in [0.05, 0.1) is 15.5 Å². The first-order chi connectivity index (χ1) is 15.8. The molecule has 7 nitrogen and oxygen atoms in total. The lowest BCUT2D eigenvalue weighted by Crippen LogP contribution is -2.48. The summed E-state index contributed by atoms with van der Waals surface area (Å²) in [6, 6.07) is 18.1. The zero-order valence-corrected chi connectivity index (χ0v) is 19.2. The molecule has 5 rings (SSSR count). The van der Waals surface area contributed by atoms with Crippen LogP contribution in [0.5, 0.6) is 0 Å². The highest BCUT2D eigenvalue weighted by Gasteiger charge is 2.39. The maximum Gasteiger partial charge on any atom is 0.257 e. The van der Waals surface area contributed by atoms with E-state index in [-0.39, 0.29) is 28.2 Å². The molecule has 1 fully saturated rings. The van der Waals surface area contributed by atoms with Crippen molar-refractivity contribution >= 4 is 33.2 Å². The summed E-state index contributed by atoms with van der Waals surface area (Å²) in [5.74, 6) is -0.273. The largest absolute Gasteiger partial charge is 0.322 e. The number of benzene rings is 2. The molecule has 1 saturated heterocycles. The van der Waals surface area contributed by atoms with Crippen molar-refractivity contribution in [1.29, 1.82) is 0 Å². The second kappa shape index (κ2) is 8.44. The molecular formula is C24H22ClN3O4S. The van der Waals surface area contributed by atoms with Crippen LogP contribution in [0.2, 0.25) is 5.02 Å². The molecule has 1 aromatic heterocycles. The first kappa shape index (κ1) is 21.9. The third kappa shape index (κ3) is 4.10. The molecule has 1 amide bonds. The zero-order valence-electron chi connectivity index (χ0n) is 17.6. The predicted molar refractivity (Wildman–Crippen MR) is 126 cm³/mol. The maximum absolute atomic E-state index is 13.3. The number of fused-ring (bicyclic) bond motifs is 4. The normalized spacial score (nSPS) is 20.2. The van der Waals surface area contributed by atoms with Crippen molar-refractivity contribution in [3.8, 4) is 0 Å². The van der Waals surface area contributed by atoms with Crippen molar-refractivity contribution in [1.82, 2.24) is 8.87 Å². The number of piperidine rings is 1. The Kier molecular flexibility index (Phi) is 5.60. The van der Waals surface area contributed by atoms with Crippen LogP contribution < -0.4 is 10.9 Å². The zero-order chi connectivity index (χ0) is 23.2. The van der Waals surface area contributed by atoms with E-state index in [9.17, 15) is 18.0 Å². The van der Waals surface area contributed by atoms with Crippen molar-refractivity contribution in [2.24, 2.45) is 5.92 Å². The van der Waals surface area contributed by atoms with E-state index in [0.29, 0.717) is 35.9 Å². The van der Waals surface area contributed by atoms with Crippen molar-refractivity contribution in [3.05, 3.63) is 93.4 Å². The number of sulfonamides is 1. The number of hydrogen-bond acceptors (Lipinski definition) is 4. The first-order valence-electron chi connectivity index (χ1n) is 10.7. The molecule has 9 heteroatoms. The third-order valence-corrected chi connectivity index (χ3v) is 8.49. The summed E-state index contributed by atoms with van der Waals surface area (Å²) in [6.07, 6.45) is 0.877. The summed E-state index contributed by atoms with van der Waals surface area (Å²) in [5, 5.41) is 3.08. The molecule has 2 aliphatic heterocycles. The van der Waals surface area contributed by atoms with Gasteiger partial charge in [0.15, 0.2) is 0 Å². The number of pyridine rings is 1. The highest BCUT2D eigenvalue weighted by molar-refractivity contribution is 7.89. The van der Waals surface area contributed by atoms with Gasteiger partial charge in [-0.25, -0.2) is 8.42 Å². The summed E-state index contributed by atoms with van der Waals surface area (Å²) in [6.45, 7) is 1.25. The fourth-order valence-electron chi connectivity index (χ4n) is 4.75. The Morgan fingerprint density at radius 2 is 1.70 bits per heavy atom. The molecule has 0 aliphatic carbocycles. The Balaban J connectivity index is 1.34. The summed E-state index contributed by atoms with van der Waals surface area (Å²) >= 11 is 6.07. The van der Waals surface area contributed by atoms with Crippen LogP contribution in [0.1, 0.15) is 28.4 Å². The van der Waals surface area contributed by atoms with Gasteiger partial charge in [-0.1, -0.05) is 29.8 Å². The van der Waals surface area contributed by atoms with Crippen molar-refractivity contribution in [3.63, 3.8) is 0 Å². The standard InChI is InChI=1S/C24H22ClN3O4S/c25-21-5-2-1-4-20(21)24(30)26-18-8-10-19(11-9-18)33(31,32)27-13-16-12-17(15-27)22-6-3-7-23(29)28(22)14-16/h1-11,16-17H,12-15H2,(H,26,30). The monoisotopic (exact) mass is 483 g/mol. The molecule has 0 spiro atoms. The van der Waals surface area contributed by atoms with Gasteiger partial charge in [-0.2, -0.15) is 4.31 Å². The van der Waals surface area contributed by atoms with Crippen LogP contribution in [0, 0.1) is 5.92 Å². The van der Waals surface area contributed by atoms with Gasteiger partial charge in [-0.15, -0.1) is 0 Å². The van der Waals surface area contributed by atoms with Crippen LogP contribution in [-0.2, 0) is 16.6 Å². The number of carbonyl (C=O) groups excluding carboxylic acids is 1. The van der Waals surface area contributed by atoms with Crippen LogP contribution in [0.3, 0.4) is 0 Å². The highest BCUT2D eigenvalue weighted by atomic mass is 35.5. The summed E-state index contributed by atoms with van der Waals surface area (Å²) in [7, 11) is -3.71. The van der Waals surface area contributed by atoms with Crippen LogP contribution in [-0.4, -0.2) is 36.3 Å². The summed E-state index contributed by atoms with van der Waals surface area (Å²) < 4.78 is 30.0. The SMILES string of the molecule is O=C(Nc1ccc(S(=O)(=O)N2CC3CC(C2)c2cccc(=O)n2C3)cc1)c1ccccc1Cl. The molecule has 2 atom stereocenters. The van der Waals surface area contributed by atoms with Crippen molar-refractivity contribution < 1.29 is 13.2 Å². The smallest absolute Gasteiger partial charge is 0.257 e. The van der Waals surface area contributed by atoms with Gasteiger partial charge < -0.3 is 9.88 Å². The molecule has 0 radical (unpaired) electrons. The van der Waals surface area contributed by atoms with E-state index in [2.05, 4.69) is 5.32 Å². The lowest BCUT2D eigenvalue weighted by Gasteiger charge is -2.42. The van der Waals surface area contributed by atoms with Gasteiger partial charge in [0.1, 0.15) is 0 Å². The van der Waals surface area contributed by atoms with Gasteiger partial charge in [-0.05, 0) is 54.8 Å². The van der Waals surface area contributed by atoms with Crippen LogP contribution in [0.25, 0.3) is 0 Å². The fourth-order valence-corrected chi connectivity index (χ4v) is 6.53. The van der Waals surface area contributed by atoms with Gasteiger partial charge in [0.2, 0.25) is 10.0 Å². The molecule has 2 aromatic carbocycles. The Labute approximate surface area is 196 Å². The van der Waals surface area contributed by atoms with Crippen molar-refractivity contribution in [2.75, 3.05) is 18.4 Å². The molecular weight excluding hydrogens is 462 g/mol.